The number of para-hydroxylation sites is 2. The minimum atomic E-state index is -0.716. The lowest BCUT2D eigenvalue weighted by Gasteiger charge is -2.26. The van der Waals surface area contributed by atoms with Gasteiger partial charge >= 0.3 is 5.97 Å². The van der Waals surface area contributed by atoms with E-state index in [9.17, 15) is 14.4 Å². The molecule has 7 heteroatoms. The third-order valence-corrected chi connectivity index (χ3v) is 7.14. The van der Waals surface area contributed by atoms with Gasteiger partial charge in [0.25, 0.3) is 0 Å². The summed E-state index contributed by atoms with van der Waals surface area (Å²) < 4.78 is 11.1. The normalized spacial score (nSPS) is 11.5. The zero-order valence-electron chi connectivity index (χ0n) is 25.1. The number of esters is 1. The number of aryl methyl sites for hydroxylation is 1. The molecule has 4 aromatic carbocycles. The number of benzene rings is 4. The summed E-state index contributed by atoms with van der Waals surface area (Å²) in [6.45, 7) is 6.52. The van der Waals surface area contributed by atoms with Crippen LogP contribution in [0.5, 0.6) is 5.75 Å². The fourth-order valence-electron chi connectivity index (χ4n) is 4.81. The average Bonchev–Trinajstić information content (AvgIpc) is 3.03. The summed E-state index contributed by atoms with van der Waals surface area (Å²) in [4.78, 5) is 40.7. The van der Waals surface area contributed by atoms with Crippen molar-refractivity contribution in [2.45, 2.75) is 33.2 Å². The molecule has 7 nitrogen and oxygen atoms in total. The van der Waals surface area contributed by atoms with E-state index in [0.717, 1.165) is 16.8 Å². The molecule has 0 bridgehead atoms. The van der Waals surface area contributed by atoms with Crippen molar-refractivity contribution in [3.63, 3.8) is 0 Å². The fourth-order valence-corrected chi connectivity index (χ4v) is 4.81. The maximum Gasteiger partial charge on any atom is 0.328 e. The maximum atomic E-state index is 13.2. The molecule has 0 saturated carbocycles. The van der Waals surface area contributed by atoms with Gasteiger partial charge in [0, 0.05) is 34.8 Å². The van der Waals surface area contributed by atoms with Crippen molar-refractivity contribution in [3.05, 3.63) is 125 Å². The van der Waals surface area contributed by atoms with Gasteiger partial charge in [0.05, 0.1) is 13.7 Å². The number of ether oxygens (including phenoxy) is 2. The third-order valence-electron chi connectivity index (χ3n) is 7.14. The second-order valence-electron chi connectivity index (χ2n) is 10.6. The van der Waals surface area contributed by atoms with Crippen LogP contribution >= 0.6 is 0 Å². The lowest BCUT2D eigenvalue weighted by molar-refractivity contribution is -0.141. The van der Waals surface area contributed by atoms with Gasteiger partial charge in [-0.2, -0.15) is 0 Å². The minimum absolute atomic E-state index is 0.0432. The molecule has 1 unspecified atom stereocenters. The Morgan fingerprint density at radius 3 is 2.14 bits per heavy atom. The van der Waals surface area contributed by atoms with Gasteiger partial charge in [-0.3, -0.25) is 9.59 Å². The number of nitrogens with one attached hydrogen (secondary N) is 1. The first-order valence-electron chi connectivity index (χ1n) is 14.4. The lowest BCUT2D eigenvalue weighted by atomic mass is 10.00. The lowest BCUT2D eigenvalue weighted by Crippen LogP contribution is -2.37. The number of hydrogen-bond donors (Lipinski definition) is 1. The maximum absolute atomic E-state index is 13.2. The molecule has 4 rings (SSSR count). The molecule has 0 aliphatic rings. The predicted octanol–water partition coefficient (Wildman–Crippen LogP) is 6.49. The molecular weight excluding hydrogens is 540 g/mol. The number of methoxy groups -OCH3 is 1. The Morgan fingerprint density at radius 1 is 0.814 bits per heavy atom. The van der Waals surface area contributed by atoms with Gasteiger partial charge in [0.15, 0.2) is 5.78 Å². The molecule has 4 aromatic rings. The van der Waals surface area contributed by atoms with Crippen LogP contribution in [0.1, 0.15) is 40.9 Å². The van der Waals surface area contributed by atoms with Crippen molar-refractivity contribution in [1.29, 1.82) is 0 Å². The molecule has 222 valence electrons. The Morgan fingerprint density at radius 2 is 1.47 bits per heavy atom. The minimum Gasteiger partial charge on any atom is -0.492 e. The van der Waals surface area contributed by atoms with E-state index in [0.29, 0.717) is 42.1 Å². The highest BCUT2D eigenvalue weighted by Gasteiger charge is 2.23. The van der Waals surface area contributed by atoms with Crippen molar-refractivity contribution in [1.82, 2.24) is 0 Å². The van der Waals surface area contributed by atoms with Gasteiger partial charge in [-0.15, -0.1) is 0 Å². The monoisotopic (exact) mass is 578 g/mol. The van der Waals surface area contributed by atoms with E-state index in [1.54, 1.807) is 35.2 Å². The molecule has 0 radical (unpaired) electrons. The van der Waals surface area contributed by atoms with Crippen LogP contribution in [0.3, 0.4) is 0 Å². The average molecular weight is 579 g/mol. The summed E-state index contributed by atoms with van der Waals surface area (Å²) in [6.07, 6.45) is 0.338. The largest absolute Gasteiger partial charge is 0.492 e. The molecule has 0 saturated heterocycles. The van der Waals surface area contributed by atoms with Crippen LogP contribution in [0.4, 0.5) is 11.4 Å². The van der Waals surface area contributed by atoms with Crippen LogP contribution in [-0.2, 0) is 20.7 Å². The van der Waals surface area contributed by atoms with E-state index in [1.807, 2.05) is 93.6 Å². The number of amides is 1. The summed E-state index contributed by atoms with van der Waals surface area (Å²) in [6, 6.07) is 30.8. The van der Waals surface area contributed by atoms with Crippen LogP contribution in [0.25, 0.3) is 0 Å². The molecule has 0 spiro atoms. The number of nitrogens with zero attached hydrogens (tertiary/aromatic N) is 1. The molecule has 1 atom stereocenters. The molecule has 1 N–H and O–H groups in total. The van der Waals surface area contributed by atoms with Crippen molar-refractivity contribution in [3.8, 4) is 5.75 Å². The number of carbonyl (C=O) groups is 3. The van der Waals surface area contributed by atoms with Crippen LogP contribution in [0.2, 0.25) is 0 Å². The van der Waals surface area contributed by atoms with Gasteiger partial charge in [0.1, 0.15) is 18.4 Å². The molecule has 0 aromatic heterocycles. The Kier molecular flexibility index (Phi) is 10.7. The number of anilines is 2. The fraction of sp³-hybridized carbons (Fsp3) is 0.250. The van der Waals surface area contributed by atoms with Crippen LogP contribution < -0.4 is 15.0 Å². The number of carbonyl (C=O) groups excluding carboxylic acids is 3. The molecule has 0 heterocycles. The Bertz CT molecular complexity index is 1530. The summed E-state index contributed by atoms with van der Waals surface area (Å²) in [5.74, 6) is -0.00881. The standard InChI is InChI=1S/C36H38N2O5/c1-25(2)35(40)38(33-17-11-8-12-26(33)3)22-23-43-29-20-18-27(19-21-29)24-32(36(41)42-4)37-31-16-10-9-15-30(31)34(39)28-13-6-5-7-14-28/h5-21,25,32,37H,22-24H2,1-4H3. The van der Waals surface area contributed by atoms with Gasteiger partial charge < -0.3 is 19.7 Å². The van der Waals surface area contributed by atoms with E-state index in [2.05, 4.69) is 5.32 Å². The van der Waals surface area contributed by atoms with Crippen molar-refractivity contribution < 1.29 is 23.9 Å². The number of rotatable bonds is 13. The summed E-state index contributed by atoms with van der Waals surface area (Å²) in [7, 11) is 1.35. The number of ketones is 1. The Labute approximate surface area is 253 Å². The molecule has 0 fully saturated rings. The van der Waals surface area contributed by atoms with E-state index in [-0.39, 0.29) is 17.6 Å². The summed E-state index contributed by atoms with van der Waals surface area (Å²) in [5.41, 5.74) is 4.40. The molecule has 0 aliphatic carbocycles. The topological polar surface area (TPSA) is 84.9 Å². The van der Waals surface area contributed by atoms with E-state index >= 15 is 0 Å². The zero-order valence-corrected chi connectivity index (χ0v) is 25.1. The summed E-state index contributed by atoms with van der Waals surface area (Å²) in [5, 5.41) is 3.23. The Hall–Kier alpha value is -4.91. The van der Waals surface area contributed by atoms with Gasteiger partial charge in [-0.1, -0.05) is 86.6 Å². The van der Waals surface area contributed by atoms with Crippen molar-refractivity contribution >= 4 is 29.0 Å². The molecule has 1 amide bonds. The molecular formula is C36H38N2O5. The van der Waals surface area contributed by atoms with Crippen LogP contribution in [0.15, 0.2) is 103 Å². The number of hydrogen-bond acceptors (Lipinski definition) is 6. The van der Waals surface area contributed by atoms with Gasteiger partial charge in [0.2, 0.25) is 5.91 Å². The van der Waals surface area contributed by atoms with Gasteiger partial charge in [-0.25, -0.2) is 4.79 Å². The zero-order chi connectivity index (χ0) is 30.8. The SMILES string of the molecule is COC(=O)C(Cc1ccc(OCCN(C(=O)C(C)C)c2ccccc2C)cc1)Nc1ccccc1C(=O)c1ccccc1. The van der Waals surface area contributed by atoms with Crippen molar-refractivity contribution in [2.24, 2.45) is 5.92 Å². The first kappa shape index (κ1) is 31.0. The van der Waals surface area contributed by atoms with E-state index < -0.39 is 12.0 Å². The van der Waals surface area contributed by atoms with Crippen molar-refractivity contribution in [2.75, 3.05) is 30.5 Å². The highest BCUT2D eigenvalue weighted by atomic mass is 16.5. The molecule has 43 heavy (non-hydrogen) atoms. The van der Waals surface area contributed by atoms with E-state index in [1.165, 1.54) is 7.11 Å². The summed E-state index contributed by atoms with van der Waals surface area (Å²) >= 11 is 0. The van der Waals surface area contributed by atoms with Crippen LogP contribution in [0, 0.1) is 12.8 Å². The second-order valence-corrected chi connectivity index (χ2v) is 10.6. The second kappa shape index (κ2) is 14.8. The third kappa shape index (κ3) is 8.10. The predicted molar refractivity (Wildman–Crippen MR) is 170 cm³/mol. The van der Waals surface area contributed by atoms with Gasteiger partial charge in [-0.05, 0) is 48.4 Å². The Balaban J connectivity index is 1.42. The quantitative estimate of drug-likeness (QED) is 0.144. The highest BCUT2D eigenvalue weighted by Crippen LogP contribution is 2.24. The van der Waals surface area contributed by atoms with Crippen LogP contribution in [-0.4, -0.2) is 44.0 Å². The van der Waals surface area contributed by atoms with E-state index in [4.69, 9.17) is 9.47 Å². The first-order chi connectivity index (χ1) is 20.8. The smallest absolute Gasteiger partial charge is 0.328 e. The first-order valence-corrected chi connectivity index (χ1v) is 14.4. The highest BCUT2D eigenvalue weighted by molar-refractivity contribution is 6.12. The molecule has 0 aliphatic heterocycles.